The molecule has 0 aromatic carbocycles. The standard InChI is InChI=1S/C17H31N3S/c1-7-12(3)15-14(11-18-13-9-10-13)21-16(19-15)20(6)17(4,5)8-2/h12-13,18H,7-11H2,1-6H3. The van der Waals surface area contributed by atoms with Crippen LogP contribution in [-0.4, -0.2) is 23.6 Å². The van der Waals surface area contributed by atoms with Crippen LogP contribution in [-0.2, 0) is 6.54 Å². The maximum absolute atomic E-state index is 5.00. The van der Waals surface area contributed by atoms with E-state index in [1.54, 1.807) is 0 Å². The Morgan fingerprint density at radius 2 is 2.05 bits per heavy atom. The van der Waals surface area contributed by atoms with Gasteiger partial charge >= 0.3 is 0 Å². The highest BCUT2D eigenvalue weighted by atomic mass is 32.1. The lowest BCUT2D eigenvalue weighted by Crippen LogP contribution is -2.40. The lowest BCUT2D eigenvalue weighted by atomic mass is 10.0. The molecule has 1 N–H and O–H groups in total. The molecule has 1 unspecified atom stereocenters. The van der Waals surface area contributed by atoms with Gasteiger partial charge < -0.3 is 10.2 Å². The summed E-state index contributed by atoms with van der Waals surface area (Å²) in [7, 11) is 2.18. The quantitative estimate of drug-likeness (QED) is 0.764. The molecule has 0 aliphatic heterocycles. The van der Waals surface area contributed by atoms with Crippen molar-refractivity contribution in [3.8, 4) is 0 Å². The van der Waals surface area contributed by atoms with Gasteiger partial charge in [-0.05, 0) is 45.4 Å². The molecule has 0 spiro atoms. The number of thiazole rings is 1. The summed E-state index contributed by atoms with van der Waals surface area (Å²) < 4.78 is 0. The summed E-state index contributed by atoms with van der Waals surface area (Å²) >= 11 is 1.88. The molecule has 0 saturated heterocycles. The van der Waals surface area contributed by atoms with Gasteiger partial charge in [0.05, 0.1) is 5.69 Å². The van der Waals surface area contributed by atoms with E-state index in [0.717, 1.165) is 25.4 Å². The van der Waals surface area contributed by atoms with Crippen LogP contribution in [0.5, 0.6) is 0 Å². The number of anilines is 1. The second-order valence-corrected chi connectivity index (χ2v) is 8.06. The topological polar surface area (TPSA) is 28.2 Å². The van der Waals surface area contributed by atoms with Crippen LogP contribution in [0.15, 0.2) is 0 Å². The first-order chi connectivity index (χ1) is 9.89. The van der Waals surface area contributed by atoms with Crippen molar-refractivity contribution in [2.45, 2.75) is 84.3 Å². The zero-order valence-electron chi connectivity index (χ0n) is 14.5. The van der Waals surface area contributed by atoms with Crippen LogP contribution in [0.4, 0.5) is 5.13 Å². The predicted molar refractivity (Wildman–Crippen MR) is 93.5 cm³/mol. The van der Waals surface area contributed by atoms with E-state index in [-0.39, 0.29) is 5.54 Å². The fourth-order valence-electron chi connectivity index (χ4n) is 2.22. The van der Waals surface area contributed by atoms with Crippen LogP contribution >= 0.6 is 11.3 Å². The number of hydrogen-bond acceptors (Lipinski definition) is 4. The van der Waals surface area contributed by atoms with Crippen molar-refractivity contribution in [2.75, 3.05) is 11.9 Å². The molecular formula is C17H31N3S. The van der Waals surface area contributed by atoms with Gasteiger partial charge in [-0.25, -0.2) is 4.98 Å². The summed E-state index contributed by atoms with van der Waals surface area (Å²) in [6, 6.07) is 0.755. The van der Waals surface area contributed by atoms with E-state index in [4.69, 9.17) is 4.98 Å². The average molecular weight is 310 g/mol. The molecule has 21 heavy (non-hydrogen) atoms. The summed E-state index contributed by atoms with van der Waals surface area (Å²) in [6.07, 6.45) is 4.96. The van der Waals surface area contributed by atoms with E-state index in [1.807, 2.05) is 11.3 Å². The molecule has 1 aliphatic carbocycles. The summed E-state index contributed by atoms with van der Waals surface area (Å²) in [5, 5.41) is 4.82. The zero-order chi connectivity index (χ0) is 15.6. The van der Waals surface area contributed by atoms with Gasteiger partial charge in [-0.2, -0.15) is 0 Å². The maximum Gasteiger partial charge on any atom is 0.186 e. The smallest absolute Gasteiger partial charge is 0.186 e. The Labute approximate surface area is 134 Å². The van der Waals surface area contributed by atoms with Gasteiger partial charge in [0.1, 0.15) is 0 Å². The van der Waals surface area contributed by atoms with E-state index in [9.17, 15) is 0 Å². The Morgan fingerprint density at radius 3 is 2.57 bits per heavy atom. The molecule has 1 aliphatic rings. The Hall–Kier alpha value is -0.610. The first kappa shape index (κ1) is 16.8. The molecular weight excluding hydrogens is 278 g/mol. The molecule has 120 valence electrons. The second kappa shape index (κ2) is 6.66. The predicted octanol–water partition coefficient (Wildman–Crippen LogP) is 4.53. The van der Waals surface area contributed by atoms with Crippen LogP contribution in [0, 0.1) is 0 Å². The first-order valence-electron chi connectivity index (χ1n) is 8.35. The lowest BCUT2D eigenvalue weighted by molar-refractivity contribution is 0.469. The fraction of sp³-hybridized carbons (Fsp3) is 0.824. The van der Waals surface area contributed by atoms with E-state index < -0.39 is 0 Å². The van der Waals surface area contributed by atoms with Crippen molar-refractivity contribution in [2.24, 2.45) is 0 Å². The van der Waals surface area contributed by atoms with Crippen molar-refractivity contribution in [1.82, 2.24) is 10.3 Å². The largest absolute Gasteiger partial charge is 0.346 e. The van der Waals surface area contributed by atoms with Gasteiger partial charge in [0.2, 0.25) is 0 Å². The first-order valence-corrected chi connectivity index (χ1v) is 9.17. The molecule has 4 heteroatoms. The number of hydrogen-bond donors (Lipinski definition) is 1. The van der Waals surface area contributed by atoms with E-state index in [1.165, 1.54) is 28.5 Å². The Balaban J connectivity index is 2.21. The number of aromatic nitrogens is 1. The number of rotatable bonds is 8. The second-order valence-electron chi connectivity index (χ2n) is 6.99. The van der Waals surface area contributed by atoms with Gasteiger partial charge in [0.15, 0.2) is 5.13 Å². The van der Waals surface area contributed by atoms with Gasteiger partial charge in [-0.15, -0.1) is 11.3 Å². The SMILES string of the molecule is CCC(C)c1nc(N(C)C(C)(C)CC)sc1CNC1CC1. The molecule has 1 fully saturated rings. The Morgan fingerprint density at radius 1 is 1.38 bits per heavy atom. The molecule has 1 heterocycles. The van der Waals surface area contributed by atoms with Gasteiger partial charge in [0.25, 0.3) is 0 Å². The third-order valence-electron chi connectivity index (χ3n) is 4.98. The minimum absolute atomic E-state index is 0.158. The highest BCUT2D eigenvalue weighted by Gasteiger charge is 2.27. The van der Waals surface area contributed by atoms with Gasteiger partial charge in [-0.1, -0.05) is 20.8 Å². The third-order valence-corrected chi connectivity index (χ3v) is 6.13. The van der Waals surface area contributed by atoms with Crippen molar-refractivity contribution in [3.63, 3.8) is 0 Å². The normalized spacial score (nSPS) is 17.0. The third kappa shape index (κ3) is 3.98. The molecule has 1 saturated carbocycles. The van der Waals surface area contributed by atoms with Crippen molar-refractivity contribution >= 4 is 16.5 Å². The molecule has 2 rings (SSSR count). The van der Waals surface area contributed by atoms with Crippen LogP contribution in [0.1, 0.15) is 76.8 Å². The van der Waals surface area contributed by atoms with Gasteiger partial charge in [0, 0.05) is 30.1 Å². The van der Waals surface area contributed by atoms with Crippen LogP contribution < -0.4 is 10.2 Å². The highest BCUT2D eigenvalue weighted by molar-refractivity contribution is 7.15. The van der Waals surface area contributed by atoms with E-state index >= 15 is 0 Å². The molecule has 0 radical (unpaired) electrons. The number of nitrogens with one attached hydrogen (secondary N) is 1. The minimum atomic E-state index is 0.158. The maximum atomic E-state index is 5.00. The van der Waals surface area contributed by atoms with Crippen molar-refractivity contribution in [3.05, 3.63) is 10.6 Å². The summed E-state index contributed by atoms with van der Waals surface area (Å²) in [6.45, 7) is 12.4. The van der Waals surface area contributed by atoms with Crippen LogP contribution in [0.3, 0.4) is 0 Å². The highest BCUT2D eigenvalue weighted by Crippen LogP contribution is 2.35. The Kier molecular flexibility index (Phi) is 5.31. The fourth-order valence-corrected chi connectivity index (χ4v) is 3.48. The van der Waals surface area contributed by atoms with Crippen LogP contribution in [0.25, 0.3) is 0 Å². The van der Waals surface area contributed by atoms with Crippen LogP contribution in [0.2, 0.25) is 0 Å². The van der Waals surface area contributed by atoms with E-state index in [0.29, 0.717) is 5.92 Å². The monoisotopic (exact) mass is 309 g/mol. The summed E-state index contributed by atoms with van der Waals surface area (Å²) in [5.41, 5.74) is 1.47. The molecule has 3 nitrogen and oxygen atoms in total. The molecule has 1 aromatic heterocycles. The average Bonchev–Trinajstić information content (AvgIpc) is 3.21. The molecule has 0 amide bonds. The molecule has 1 atom stereocenters. The molecule has 0 bridgehead atoms. The minimum Gasteiger partial charge on any atom is -0.346 e. The van der Waals surface area contributed by atoms with Gasteiger partial charge in [-0.3, -0.25) is 0 Å². The van der Waals surface area contributed by atoms with Crippen molar-refractivity contribution in [1.29, 1.82) is 0 Å². The Bertz CT molecular complexity index is 463. The van der Waals surface area contributed by atoms with Crippen molar-refractivity contribution < 1.29 is 0 Å². The zero-order valence-corrected chi connectivity index (χ0v) is 15.3. The number of nitrogens with zero attached hydrogens (tertiary/aromatic N) is 2. The summed E-state index contributed by atoms with van der Waals surface area (Å²) in [4.78, 5) is 8.78. The summed E-state index contributed by atoms with van der Waals surface area (Å²) in [5.74, 6) is 0.546. The lowest BCUT2D eigenvalue weighted by Gasteiger charge is -2.34. The van der Waals surface area contributed by atoms with E-state index in [2.05, 4.69) is 51.9 Å². The molecule has 1 aromatic rings.